The molecule has 1 aromatic heterocycles. The molecule has 0 radical (unpaired) electrons. The Kier molecular flexibility index (Phi) is 5.63. The minimum Gasteiger partial charge on any atom is -0.490 e. The van der Waals surface area contributed by atoms with Gasteiger partial charge in [0.25, 0.3) is 0 Å². The van der Waals surface area contributed by atoms with Crippen LogP contribution in [-0.4, -0.2) is 38.6 Å². The van der Waals surface area contributed by atoms with Crippen LogP contribution in [-0.2, 0) is 14.8 Å². The molecule has 1 aliphatic heterocycles. The molecule has 30 heavy (non-hydrogen) atoms. The molecular weight excluding hydrogens is 426 g/mol. The highest BCUT2D eigenvalue weighted by Gasteiger charge is 2.24. The van der Waals surface area contributed by atoms with Gasteiger partial charge in [-0.3, -0.25) is 4.79 Å². The summed E-state index contributed by atoms with van der Waals surface area (Å²) in [4.78, 5) is 16.9. The van der Waals surface area contributed by atoms with Crippen molar-refractivity contribution in [2.24, 2.45) is 0 Å². The molecule has 10 heteroatoms. The number of carbonyl (C=O) groups is 1. The summed E-state index contributed by atoms with van der Waals surface area (Å²) in [6.45, 7) is 4.42. The molecule has 0 fully saturated rings. The summed E-state index contributed by atoms with van der Waals surface area (Å²) in [6.07, 6.45) is 0.720. The summed E-state index contributed by atoms with van der Waals surface area (Å²) in [5.74, 6) is 0.379. The van der Waals surface area contributed by atoms with E-state index in [0.717, 1.165) is 22.2 Å². The zero-order valence-electron chi connectivity index (χ0n) is 16.5. The van der Waals surface area contributed by atoms with Crippen LogP contribution >= 0.6 is 11.3 Å². The number of fused-ring (bicyclic) bond motifs is 2. The second-order valence-corrected chi connectivity index (χ2v) is 9.73. The number of aryl methyl sites for hydroxylation is 1. The number of ether oxygens (including phenoxy) is 2. The van der Waals surface area contributed by atoms with E-state index in [0.29, 0.717) is 29.8 Å². The van der Waals surface area contributed by atoms with Crippen LogP contribution in [0.2, 0.25) is 0 Å². The zero-order chi connectivity index (χ0) is 21.3. The Morgan fingerprint density at radius 2 is 1.90 bits per heavy atom. The minimum atomic E-state index is -3.94. The predicted octanol–water partition coefficient (Wildman–Crippen LogP) is 3.07. The van der Waals surface area contributed by atoms with E-state index in [1.54, 1.807) is 6.07 Å². The first kappa shape index (κ1) is 20.6. The molecule has 0 saturated carbocycles. The van der Waals surface area contributed by atoms with Crippen LogP contribution < -0.4 is 19.5 Å². The van der Waals surface area contributed by atoms with Crippen molar-refractivity contribution < 1.29 is 22.7 Å². The third-order valence-corrected chi connectivity index (χ3v) is 7.00. The fourth-order valence-corrected chi connectivity index (χ4v) is 5.15. The van der Waals surface area contributed by atoms with Gasteiger partial charge in [0.2, 0.25) is 15.9 Å². The van der Waals surface area contributed by atoms with Crippen molar-refractivity contribution in [2.75, 3.05) is 18.5 Å². The molecule has 1 atom stereocenters. The highest BCUT2D eigenvalue weighted by Crippen LogP contribution is 2.32. The van der Waals surface area contributed by atoms with Crippen molar-refractivity contribution >= 4 is 42.6 Å². The number of rotatable bonds is 5. The summed E-state index contributed by atoms with van der Waals surface area (Å²) in [5.41, 5.74) is 1.88. The van der Waals surface area contributed by atoms with Crippen molar-refractivity contribution in [2.45, 2.75) is 31.2 Å². The number of anilines is 1. The van der Waals surface area contributed by atoms with Crippen LogP contribution in [0, 0.1) is 6.92 Å². The van der Waals surface area contributed by atoms with E-state index in [-0.39, 0.29) is 4.90 Å². The van der Waals surface area contributed by atoms with Gasteiger partial charge in [-0.15, -0.1) is 0 Å². The van der Waals surface area contributed by atoms with Gasteiger partial charge in [-0.25, -0.2) is 13.4 Å². The molecule has 0 saturated heterocycles. The molecule has 1 unspecified atom stereocenters. The highest BCUT2D eigenvalue weighted by atomic mass is 32.2. The smallest absolute Gasteiger partial charge is 0.244 e. The number of nitrogens with one attached hydrogen (secondary N) is 2. The number of amides is 1. The monoisotopic (exact) mass is 447 g/mol. The molecular formula is C20H21N3O5S2. The van der Waals surface area contributed by atoms with Crippen molar-refractivity contribution in [3.05, 3.63) is 42.0 Å². The summed E-state index contributed by atoms with van der Waals surface area (Å²) >= 11 is 1.34. The van der Waals surface area contributed by atoms with Gasteiger partial charge in [0.1, 0.15) is 0 Å². The molecule has 3 aromatic rings. The average molecular weight is 448 g/mol. The molecule has 2 N–H and O–H groups in total. The number of aromatic nitrogens is 1. The van der Waals surface area contributed by atoms with Gasteiger partial charge in [0.15, 0.2) is 16.6 Å². The van der Waals surface area contributed by atoms with Gasteiger partial charge in [-0.2, -0.15) is 4.72 Å². The van der Waals surface area contributed by atoms with E-state index in [4.69, 9.17) is 9.47 Å². The zero-order valence-corrected chi connectivity index (χ0v) is 18.1. The number of hydrogen-bond acceptors (Lipinski definition) is 7. The minimum absolute atomic E-state index is 0.00172. The van der Waals surface area contributed by atoms with Crippen LogP contribution in [0.3, 0.4) is 0 Å². The Morgan fingerprint density at radius 1 is 1.13 bits per heavy atom. The lowest BCUT2D eigenvalue weighted by Gasteiger charge is -2.14. The van der Waals surface area contributed by atoms with Gasteiger partial charge in [-0.1, -0.05) is 17.4 Å². The van der Waals surface area contributed by atoms with Crippen LogP contribution in [0.25, 0.3) is 10.2 Å². The summed E-state index contributed by atoms with van der Waals surface area (Å²) in [7, 11) is -3.94. The quantitative estimate of drug-likeness (QED) is 0.623. The van der Waals surface area contributed by atoms with Crippen molar-refractivity contribution in [1.82, 2.24) is 9.71 Å². The number of benzene rings is 2. The number of thiazole rings is 1. The van der Waals surface area contributed by atoms with Gasteiger partial charge >= 0.3 is 0 Å². The van der Waals surface area contributed by atoms with Gasteiger partial charge in [0.05, 0.1) is 34.4 Å². The first-order valence-electron chi connectivity index (χ1n) is 9.42. The van der Waals surface area contributed by atoms with Gasteiger partial charge in [-0.05, 0) is 43.7 Å². The molecule has 4 rings (SSSR count). The lowest BCUT2D eigenvalue weighted by molar-refractivity contribution is -0.117. The summed E-state index contributed by atoms with van der Waals surface area (Å²) in [5, 5.41) is 3.10. The fourth-order valence-electron chi connectivity index (χ4n) is 2.96. The molecule has 0 aliphatic carbocycles. The highest BCUT2D eigenvalue weighted by molar-refractivity contribution is 7.89. The van der Waals surface area contributed by atoms with Crippen LogP contribution in [0.15, 0.2) is 41.3 Å². The molecule has 1 aliphatic rings. The molecule has 1 amide bonds. The predicted molar refractivity (Wildman–Crippen MR) is 115 cm³/mol. The topological polar surface area (TPSA) is 107 Å². The van der Waals surface area contributed by atoms with Crippen molar-refractivity contribution in [3.8, 4) is 11.5 Å². The molecule has 2 aromatic carbocycles. The molecule has 8 nitrogen and oxygen atoms in total. The maximum Gasteiger partial charge on any atom is 0.244 e. The standard InChI is InChI=1S/C20H21N3O5S2/c1-12-4-6-15-18(10-12)29-20(21-15)22-19(24)13(2)23-30(25,26)14-5-7-16-17(11-14)28-9-3-8-27-16/h4-7,10-11,13,23H,3,8-9H2,1-2H3,(H,21,22,24). The Hall–Kier alpha value is -2.69. The van der Waals surface area contributed by atoms with Gasteiger partial charge < -0.3 is 14.8 Å². The van der Waals surface area contributed by atoms with Crippen molar-refractivity contribution in [3.63, 3.8) is 0 Å². The second-order valence-electron chi connectivity index (χ2n) is 6.98. The Bertz CT molecular complexity index is 1210. The third kappa shape index (κ3) is 4.40. The normalized spacial score (nSPS) is 14.9. The molecule has 2 heterocycles. The Labute approximate surface area is 178 Å². The lowest BCUT2D eigenvalue weighted by atomic mass is 10.2. The maximum absolute atomic E-state index is 12.7. The molecule has 158 valence electrons. The van der Waals surface area contributed by atoms with Crippen LogP contribution in [0.4, 0.5) is 5.13 Å². The number of nitrogens with zero attached hydrogens (tertiary/aromatic N) is 1. The van der Waals surface area contributed by atoms with E-state index in [2.05, 4.69) is 15.0 Å². The van der Waals surface area contributed by atoms with E-state index in [1.165, 1.54) is 30.4 Å². The second kappa shape index (κ2) is 8.21. The Morgan fingerprint density at radius 3 is 2.70 bits per heavy atom. The lowest BCUT2D eigenvalue weighted by Crippen LogP contribution is -2.41. The average Bonchev–Trinajstić information content (AvgIpc) is 2.93. The fraction of sp³-hybridized carbons (Fsp3) is 0.300. The summed E-state index contributed by atoms with van der Waals surface area (Å²) < 4.78 is 39.9. The van der Waals surface area contributed by atoms with E-state index >= 15 is 0 Å². The first-order chi connectivity index (χ1) is 14.3. The van der Waals surface area contributed by atoms with Gasteiger partial charge in [0, 0.05) is 12.5 Å². The summed E-state index contributed by atoms with van der Waals surface area (Å²) in [6, 6.07) is 9.20. The number of hydrogen-bond donors (Lipinski definition) is 2. The Balaban J connectivity index is 1.47. The largest absolute Gasteiger partial charge is 0.490 e. The first-order valence-corrected chi connectivity index (χ1v) is 11.7. The van der Waals surface area contributed by atoms with E-state index in [9.17, 15) is 13.2 Å². The third-order valence-electron chi connectivity index (χ3n) is 4.53. The van der Waals surface area contributed by atoms with Crippen LogP contribution in [0.5, 0.6) is 11.5 Å². The van der Waals surface area contributed by atoms with E-state index < -0.39 is 22.0 Å². The van der Waals surface area contributed by atoms with Crippen molar-refractivity contribution in [1.29, 1.82) is 0 Å². The molecule has 0 bridgehead atoms. The van der Waals surface area contributed by atoms with E-state index in [1.807, 2.05) is 25.1 Å². The SMILES string of the molecule is Cc1ccc2nc(NC(=O)C(C)NS(=O)(=O)c3ccc4c(c3)OCCCO4)sc2c1. The number of carbonyl (C=O) groups excluding carboxylic acids is 1. The maximum atomic E-state index is 12.7. The van der Waals surface area contributed by atoms with Crippen LogP contribution in [0.1, 0.15) is 18.9 Å². The number of sulfonamides is 1. The molecule has 0 spiro atoms.